The minimum atomic E-state index is -1.16. The van der Waals surface area contributed by atoms with Crippen LogP contribution in [0.5, 0.6) is 0 Å². The summed E-state index contributed by atoms with van der Waals surface area (Å²) in [4.78, 5) is 23.4. The lowest BCUT2D eigenvalue weighted by Gasteiger charge is -2.16. The quantitative estimate of drug-likeness (QED) is 0.948. The van der Waals surface area contributed by atoms with Gasteiger partial charge in [-0.05, 0) is 11.6 Å². The molecule has 1 atom stereocenters. The van der Waals surface area contributed by atoms with E-state index in [-0.39, 0.29) is 10.0 Å². The number of carboxylic acids is 1. The summed E-state index contributed by atoms with van der Waals surface area (Å²) >= 11 is 11.6. The molecule has 6 heteroatoms. The number of carboxylic acid groups (broad SMARTS) is 1. The van der Waals surface area contributed by atoms with Crippen molar-refractivity contribution in [2.75, 3.05) is 0 Å². The Kier molecular flexibility index (Phi) is 3.93. The Bertz CT molecular complexity index is 667. The molecule has 1 aromatic heterocycles. The molecule has 0 aliphatic heterocycles. The van der Waals surface area contributed by atoms with Crippen LogP contribution in [0, 0.1) is 0 Å². The summed E-state index contributed by atoms with van der Waals surface area (Å²) < 4.78 is 1.02. The van der Waals surface area contributed by atoms with E-state index in [0.717, 1.165) is 4.57 Å². The number of nitrogens with zero attached hydrogens (tertiary/aromatic N) is 1. The van der Waals surface area contributed by atoms with Gasteiger partial charge in [-0.1, -0.05) is 53.5 Å². The summed E-state index contributed by atoms with van der Waals surface area (Å²) in [6.45, 7) is 0. The summed E-state index contributed by atoms with van der Waals surface area (Å²) in [5.74, 6) is -1.16. The van der Waals surface area contributed by atoms with Crippen LogP contribution in [0.4, 0.5) is 0 Å². The SMILES string of the molecule is O=C(O)C(c1ccccc1)n1cc(Cl)cc(Cl)c1=O. The van der Waals surface area contributed by atoms with E-state index in [4.69, 9.17) is 23.2 Å². The second kappa shape index (κ2) is 5.47. The second-order valence-corrected chi connectivity index (χ2v) is 4.71. The molecule has 4 nitrogen and oxygen atoms in total. The summed E-state index contributed by atoms with van der Waals surface area (Å²) in [7, 11) is 0. The van der Waals surface area contributed by atoms with E-state index in [9.17, 15) is 14.7 Å². The van der Waals surface area contributed by atoms with Gasteiger partial charge in [-0.2, -0.15) is 0 Å². The van der Waals surface area contributed by atoms with Gasteiger partial charge in [0.1, 0.15) is 5.02 Å². The maximum Gasteiger partial charge on any atom is 0.331 e. The highest BCUT2D eigenvalue weighted by atomic mass is 35.5. The molecule has 98 valence electrons. The van der Waals surface area contributed by atoms with Gasteiger partial charge in [0.05, 0.1) is 5.02 Å². The number of hydrogen-bond acceptors (Lipinski definition) is 2. The Balaban J connectivity index is 2.65. The molecule has 0 saturated carbocycles. The average molecular weight is 298 g/mol. The first-order valence-electron chi connectivity index (χ1n) is 5.35. The molecule has 0 saturated heterocycles. The van der Waals surface area contributed by atoms with Gasteiger partial charge in [0, 0.05) is 6.20 Å². The second-order valence-electron chi connectivity index (χ2n) is 3.87. The van der Waals surface area contributed by atoms with Gasteiger partial charge in [0.15, 0.2) is 6.04 Å². The molecule has 0 radical (unpaired) electrons. The fraction of sp³-hybridized carbons (Fsp3) is 0.0769. The first-order valence-corrected chi connectivity index (χ1v) is 6.11. The standard InChI is InChI=1S/C13H9Cl2NO3/c14-9-6-10(15)12(17)16(7-9)11(13(18)19)8-4-2-1-3-5-8/h1-7,11H,(H,18,19). The van der Waals surface area contributed by atoms with Gasteiger partial charge < -0.3 is 5.11 Å². The molecule has 0 bridgehead atoms. The normalized spacial score (nSPS) is 12.1. The first-order chi connectivity index (χ1) is 9.00. The third kappa shape index (κ3) is 2.80. The van der Waals surface area contributed by atoms with Crippen molar-refractivity contribution in [1.82, 2.24) is 4.57 Å². The Hall–Kier alpha value is -1.78. The molecule has 1 heterocycles. The molecule has 1 unspecified atom stereocenters. The predicted molar refractivity (Wildman–Crippen MR) is 72.9 cm³/mol. The van der Waals surface area contributed by atoms with Crippen LogP contribution in [0.15, 0.2) is 47.4 Å². The minimum Gasteiger partial charge on any atom is -0.479 e. The van der Waals surface area contributed by atoms with E-state index in [1.165, 1.54) is 12.3 Å². The molecule has 1 aromatic carbocycles. The molecule has 0 fully saturated rings. The molecule has 0 spiro atoms. The molecule has 2 aromatic rings. The van der Waals surface area contributed by atoms with Crippen LogP contribution in [0.2, 0.25) is 10.0 Å². The van der Waals surface area contributed by atoms with Crippen LogP contribution in [0.3, 0.4) is 0 Å². The van der Waals surface area contributed by atoms with Crippen molar-refractivity contribution in [3.8, 4) is 0 Å². The van der Waals surface area contributed by atoms with Crippen molar-refractivity contribution in [2.24, 2.45) is 0 Å². The summed E-state index contributed by atoms with van der Waals surface area (Å²) in [5.41, 5.74) is -0.127. The number of benzene rings is 1. The van der Waals surface area contributed by atoms with Crippen molar-refractivity contribution < 1.29 is 9.90 Å². The number of carbonyl (C=O) groups is 1. The van der Waals surface area contributed by atoms with Gasteiger partial charge in [0.2, 0.25) is 0 Å². The minimum absolute atomic E-state index is 0.116. The zero-order valence-corrected chi connectivity index (χ0v) is 11.1. The number of hydrogen-bond donors (Lipinski definition) is 1. The van der Waals surface area contributed by atoms with E-state index in [2.05, 4.69) is 0 Å². The van der Waals surface area contributed by atoms with Crippen molar-refractivity contribution in [2.45, 2.75) is 6.04 Å². The molecule has 1 N–H and O–H groups in total. The topological polar surface area (TPSA) is 59.3 Å². The Morgan fingerprint density at radius 2 is 1.84 bits per heavy atom. The fourth-order valence-corrected chi connectivity index (χ4v) is 2.27. The van der Waals surface area contributed by atoms with Crippen LogP contribution in [0.25, 0.3) is 0 Å². The predicted octanol–water partition coefficient (Wildman–Crippen LogP) is 2.83. The lowest BCUT2D eigenvalue weighted by molar-refractivity contribution is -0.139. The summed E-state index contributed by atoms with van der Waals surface area (Å²) in [6.07, 6.45) is 1.27. The molecular formula is C13H9Cl2NO3. The number of aliphatic carboxylic acids is 1. The highest BCUT2D eigenvalue weighted by molar-refractivity contribution is 6.34. The Morgan fingerprint density at radius 3 is 2.42 bits per heavy atom. The van der Waals surface area contributed by atoms with E-state index in [1.807, 2.05) is 0 Å². The Labute approximate surface area is 118 Å². The van der Waals surface area contributed by atoms with Gasteiger partial charge in [-0.3, -0.25) is 9.36 Å². The first kappa shape index (κ1) is 13.6. The highest BCUT2D eigenvalue weighted by Crippen LogP contribution is 2.20. The van der Waals surface area contributed by atoms with Gasteiger partial charge in [-0.25, -0.2) is 4.79 Å². The van der Waals surface area contributed by atoms with Gasteiger partial charge in [-0.15, -0.1) is 0 Å². The lowest BCUT2D eigenvalue weighted by atomic mass is 10.1. The van der Waals surface area contributed by atoms with Crippen LogP contribution >= 0.6 is 23.2 Å². The molecule has 0 amide bonds. The van der Waals surface area contributed by atoms with Crippen LogP contribution in [0.1, 0.15) is 11.6 Å². The molecule has 0 aliphatic carbocycles. The van der Waals surface area contributed by atoms with Gasteiger partial charge in [0.25, 0.3) is 5.56 Å². The zero-order valence-electron chi connectivity index (χ0n) is 9.59. The Morgan fingerprint density at radius 1 is 1.21 bits per heavy atom. The molecule has 2 rings (SSSR count). The van der Waals surface area contributed by atoms with Crippen LogP contribution < -0.4 is 5.56 Å². The number of aromatic nitrogens is 1. The lowest BCUT2D eigenvalue weighted by Crippen LogP contribution is -2.30. The number of halogens is 2. The van der Waals surface area contributed by atoms with Gasteiger partial charge >= 0.3 is 5.97 Å². The largest absolute Gasteiger partial charge is 0.479 e. The van der Waals surface area contributed by atoms with Crippen LogP contribution in [-0.2, 0) is 4.79 Å². The number of pyridine rings is 1. The van der Waals surface area contributed by atoms with Crippen LogP contribution in [-0.4, -0.2) is 15.6 Å². The third-order valence-corrected chi connectivity index (χ3v) is 3.07. The third-order valence-electron chi connectivity index (χ3n) is 2.59. The fourth-order valence-electron chi connectivity index (χ4n) is 1.78. The number of rotatable bonds is 3. The monoisotopic (exact) mass is 297 g/mol. The molecule has 0 aliphatic rings. The van der Waals surface area contributed by atoms with Crippen molar-refractivity contribution in [3.63, 3.8) is 0 Å². The summed E-state index contributed by atoms with van der Waals surface area (Å²) in [6, 6.07) is 8.53. The van der Waals surface area contributed by atoms with Crippen molar-refractivity contribution in [3.05, 3.63) is 68.6 Å². The van der Waals surface area contributed by atoms with Crippen molar-refractivity contribution in [1.29, 1.82) is 0 Å². The maximum atomic E-state index is 11.9. The highest BCUT2D eigenvalue weighted by Gasteiger charge is 2.23. The van der Waals surface area contributed by atoms with E-state index >= 15 is 0 Å². The maximum absolute atomic E-state index is 11.9. The summed E-state index contributed by atoms with van der Waals surface area (Å²) in [5, 5.41) is 9.43. The molecule has 19 heavy (non-hydrogen) atoms. The average Bonchev–Trinajstić information content (AvgIpc) is 2.36. The zero-order chi connectivity index (χ0) is 14.0. The molecular weight excluding hydrogens is 289 g/mol. The van der Waals surface area contributed by atoms with Crippen molar-refractivity contribution >= 4 is 29.2 Å². The van der Waals surface area contributed by atoms with E-state index in [0.29, 0.717) is 5.56 Å². The van der Waals surface area contributed by atoms with E-state index in [1.54, 1.807) is 30.3 Å². The smallest absolute Gasteiger partial charge is 0.331 e. The van der Waals surface area contributed by atoms with E-state index < -0.39 is 17.6 Å².